The molecule has 0 radical (unpaired) electrons. The first-order chi connectivity index (χ1) is 6.66. The van der Waals surface area contributed by atoms with Crippen molar-refractivity contribution in [2.75, 3.05) is 20.6 Å². The first-order valence-electron chi connectivity index (χ1n) is 5.13. The Bertz CT molecular complexity index is 234. The van der Waals surface area contributed by atoms with Crippen LogP contribution in [0.25, 0.3) is 0 Å². The molecule has 0 rings (SSSR count). The van der Waals surface area contributed by atoms with Crippen molar-refractivity contribution in [1.82, 2.24) is 11.5 Å². The van der Waals surface area contributed by atoms with Crippen LogP contribution < -0.4 is 11.5 Å². The Hall–Kier alpha value is -0.580. The Labute approximate surface area is 104 Å². The third-order valence-corrected chi connectivity index (χ3v) is 2.31. The second-order valence-corrected chi connectivity index (χ2v) is 5.86. The standard InChI is InChI=1S/C11H21ClN2O.H3N/c1-6-10(15)13-11(2,3)8-7-9-14(4,5)12;/h6H,1,7-9H2,2-5H3;1H3/p+1. The lowest BCUT2D eigenvalue weighted by atomic mass is 9.98. The van der Waals surface area contributed by atoms with Crippen molar-refractivity contribution >= 4 is 17.7 Å². The summed E-state index contributed by atoms with van der Waals surface area (Å²) in [4.78, 5) is 11.1. The Morgan fingerprint density at radius 1 is 1.50 bits per heavy atom. The predicted octanol–water partition coefficient (Wildman–Crippen LogP) is 2.24. The van der Waals surface area contributed by atoms with Crippen LogP contribution in [0.15, 0.2) is 12.7 Å². The molecule has 0 aromatic carbocycles. The summed E-state index contributed by atoms with van der Waals surface area (Å²) in [5.41, 5.74) is -0.197. The van der Waals surface area contributed by atoms with Gasteiger partial charge in [-0.25, -0.2) is 4.00 Å². The Morgan fingerprint density at radius 3 is 2.38 bits per heavy atom. The van der Waals surface area contributed by atoms with Gasteiger partial charge in [-0.3, -0.25) is 4.79 Å². The van der Waals surface area contributed by atoms with Crippen LogP contribution in [0.2, 0.25) is 0 Å². The second-order valence-electron chi connectivity index (χ2n) is 4.94. The molecule has 0 heterocycles. The molecule has 16 heavy (non-hydrogen) atoms. The van der Waals surface area contributed by atoms with Gasteiger partial charge in [-0.15, -0.1) is 0 Å². The highest BCUT2D eigenvalue weighted by Crippen LogP contribution is 2.14. The molecule has 0 aromatic heterocycles. The second kappa shape index (κ2) is 6.89. The zero-order valence-corrected chi connectivity index (χ0v) is 11.6. The van der Waals surface area contributed by atoms with Gasteiger partial charge in [0.05, 0.1) is 20.6 Å². The van der Waals surface area contributed by atoms with Crippen LogP contribution in [0.5, 0.6) is 0 Å². The molecule has 0 aliphatic rings. The molecule has 4 nitrogen and oxygen atoms in total. The fourth-order valence-corrected chi connectivity index (χ4v) is 1.46. The van der Waals surface area contributed by atoms with Crippen LogP contribution >= 0.6 is 11.8 Å². The lowest BCUT2D eigenvalue weighted by molar-refractivity contribution is -0.771. The molecule has 0 unspecified atom stereocenters. The van der Waals surface area contributed by atoms with Crippen molar-refractivity contribution in [3.05, 3.63) is 12.7 Å². The van der Waals surface area contributed by atoms with Gasteiger partial charge in [0.2, 0.25) is 5.91 Å². The Morgan fingerprint density at radius 2 is 2.00 bits per heavy atom. The van der Waals surface area contributed by atoms with Crippen LogP contribution in [0.4, 0.5) is 0 Å². The van der Waals surface area contributed by atoms with Crippen molar-refractivity contribution in [2.24, 2.45) is 0 Å². The van der Waals surface area contributed by atoms with Crippen molar-refractivity contribution in [3.63, 3.8) is 0 Å². The summed E-state index contributed by atoms with van der Waals surface area (Å²) in [5, 5.41) is 2.89. The average molecular weight is 251 g/mol. The van der Waals surface area contributed by atoms with E-state index in [1.54, 1.807) is 0 Å². The van der Waals surface area contributed by atoms with Gasteiger partial charge in [0, 0.05) is 12.0 Å². The monoisotopic (exact) mass is 250 g/mol. The third-order valence-electron chi connectivity index (χ3n) is 2.14. The van der Waals surface area contributed by atoms with Gasteiger partial charge in [-0.05, 0) is 26.3 Å². The number of halogens is 1. The fourth-order valence-electron chi connectivity index (χ4n) is 1.34. The van der Waals surface area contributed by atoms with E-state index in [4.69, 9.17) is 11.8 Å². The summed E-state index contributed by atoms with van der Waals surface area (Å²) in [6, 6.07) is 0. The highest BCUT2D eigenvalue weighted by Gasteiger charge is 2.21. The predicted molar refractivity (Wildman–Crippen MR) is 69.5 cm³/mol. The van der Waals surface area contributed by atoms with E-state index in [1.807, 2.05) is 27.9 Å². The highest BCUT2D eigenvalue weighted by molar-refractivity contribution is 6.06. The summed E-state index contributed by atoms with van der Waals surface area (Å²) in [6.45, 7) is 8.32. The van der Waals surface area contributed by atoms with Crippen LogP contribution in [0, 0.1) is 0 Å². The van der Waals surface area contributed by atoms with Crippen LogP contribution in [-0.4, -0.2) is 36.1 Å². The number of carbonyl (C=O) groups is 1. The molecule has 0 saturated carbocycles. The van der Waals surface area contributed by atoms with Gasteiger partial charge in [0.1, 0.15) is 0 Å². The molecule has 0 bridgehead atoms. The number of nitrogens with zero attached hydrogens (tertiary/aromatic N) is 1. The fraction of sp³-hybridized carbons (Fsp3) is 0.727. The molecule has 5 heteroatoms. The SMILES string of the molecule is C=CC(=O)NC(C)(C)CCC[N+](C)(C)Cl.N. The number of hydrogen-bond donors (Lipinski definition) is 2. The maximum Gasteiger partial charge on any atom is 0.243 e. The minimum Gasteiger partial charge on any atom is -0.348 e. The number of quaternary nitrogens is 1. The summed E-state index contributed by atoms with van der Waals surface area (Å²) in [7, 11) is 3.88. The summed E-state index contributed by atoms with van der Waals surface area (Å²) in [5.74, 6) is -0.125. The molecular weight excluding hydrogens is 226 g/mol. The van der Waals surface area contributed by atoms with Crippen LogP contribution in [0.1, 0.15) is 26.7 Å². The topological polar surface area (TPSA) is 64.1 Å². The summed E-state index contributed by atoms with van der Waals surface area (Å²) in [6.07, 6.45) is 3.17. The van der Waals surface area contributed by atoms with Gasteiger partial charge in [0.15, 0.2) is 11.8 Å². The smallest absolute Gasteiger partial charge is 0.243 e. The Kier molecular flexibility index (Phi) is 7.66. The molecule has 0 spiro atoms. The van der Waals surface area contributed by atoms with Gasteiger partial charge in [0.25, 0.3) is 0 Å². The molecule has 96 valence electrons. The lowest BCUT2D eigenvalue weighted by Gasteiger charge is -2.27. The van der Waals surface area contributed by atoms with Crippen molar-refractivity contribution in [2.45, 2.75) is 32.2 Å². The van der Waals surface area contributed by atoms with Crippen LogP contribution in [0.3, 0.4) is 0 Å². The molecule has 4 N–H and O–H groups in total. The lowest BCUT2D eigenvalue weighted by Crippen LogP contribution is -2.43. The highest BCUT2D eigenvalue weighted by atomic mass is 35.5. The Balaban J connectivity index is 0. The van der Waals surface area contributed by atoms with E-state index in [1.165, 1.54) is 6.08 Å². The summed E-state index contributed by atoms with van der Waals surface area (Å²) >= 11 is 6.03. The van der Waals surface area contributed by atoms with Crippen molar-refractivity contribution in [3.8, 4) is 0 Å². The molecule has 0 aliphatic heterocycles. The van der Waals surface area contributed by atoms with Gasteiger partial charge >= 0.3 is 0 Å². The third kappa shape index (κ3) is 9.96. The first-order valence-corrected chi connectivity index (χ1v) is 5.47. The zero-order chi connectivity index (χ0) is 12.1. The van der Waals surface area contributed by atoms with E-state index < -0.39 is 0 Å². The molecular formula is C11H25ClN3O+. The first kappa shape index (κ1) is 17.8. The number of hydrogen-bond acceptors (Lipinski definition) is 2. The molecule has 1 amide bonds. The van der Waals surface area contributed by atoms with Crippen molar-refractivity contribution in [1.29, 1.82) is 0 Å². The molecule has 0 saturated heterocycles. The van der Waals surface area contributed by atoms with Gasteiger partial charge < -0.3 is 11.5 Å². The normalized spacial score (nSPS) is 11.6. The largest absolute Gasteiger partial charge is 0.348 e. The zero-order valence-electron chi connectivity index (χ0n) is 10.8. The average Bonchev–Trinajstić information content (AvgIpc) is 2.00. The maximum atomic E-state index is 11.1. The molecule has 0 fully saturated rings. The number of carbonyl (C=O) groups excluding carboxylic acids is 1. The molecule has 0 aliphatic carbocycles. The quantitative estimate of drug-likeness (QED) is 0.561. The van der Waals surface area contributed by atoms with Gasteiger partial charge in [-0.1, -0.05) is 6.58 Å². The minimum atomic E-state index is -0.197. The molecule has 0 aromatic rings. The van der Waals surface area contributed by atoms with Crippen molar-refractivity contribution < 1.29 is 8.80 Å². The molecule has 0 atom stereocenters. The van der Waals surface area contributed by atoms with Gasteiger partial charge in [-0.2, -0.15) is 0 Å². The summed E-state index contributed by atoms with van der Waals surface area (Å²) < 4.78 is 0.436. The number of rotatable bonds is 6. The number of amides is 1. The van der Waals surface area contributed by atoms with E-state index in [-0.39, 0.29) is 17.6 Å². The van der Waals surface area contributed by atoms with E-state index in [2.05, 4.69) is 11.9 Å². The van der Waals surface area contributed by atoms with E-state index in [9.17, 15) is 4.79 Å². The van der Waals surface area contributed by atoms with E-state index in [0.717, 1.165) is 19.4 Å². The maximum absolute atomic E-state index is 11.1. The number of nitrogens with one attached hydrogen (secondary N) is 1. The van der Waals surface area contributed by atoms with Crippen LogP contribution in [-0.2, 0) is 4.79 Å². The minimum absolute atomic E-state index is 0. The van der Waals surface area contributed by atoms with E-state index in [0.29, 0.717) is 4.00 Å². The van der Waals surface area contributed by atoms with E-state index >= 15 is 0 Å².